The molecule has 1 unspecified atom stereocenters. The fourth-order valence-electron chi connectivity index (χ4n) is 0.849. The van der Waals surface area contributed by atoms with Crippen LogP contribution in [0.15, 0.2) is 24.3 Å². The van der Waals surface area contributed by atoms with Crippen molar-refractivity contribution in [2.24, 2.45) is 5.92 Å². The standard InChI is InChI=1S/C10H18O/c1-3-4-5-7-10(2)8-6-9-11/h4-6,8,10-11H,3,7,9H2,1-2H3/b5-4+,8-6+. The molecule has 0 fully saturated rings. The Kier molecular flexibility index (Phi) is 7.16. The molecule has 0 radical (unpaired) electrons. The van der Waals surface area contributed by atoms with Crippen LogP contribution in [0.25, 0.3) is 0 Å². The highest BCUT2D eigenvalue weighted by Gasteiger charge is 1.90. The zero-order valence-corrected chi connectivity index (χ0v) is 7.46. The third-order valence-corrected chi connectivity index (χ3v) is 1.48. The molecule has 11 heavy (non-hydrogen) atoms. The Morgan fingerprint density at radius 2 is 2.00 bits per heavy atom. The minimum absolute atomic E-state index is 0.155. The van der Waals surface area contributed by atoms with E-state index in [1.54, 1.807) is 6.08 Å². The first-order valence-corrected chi connectivity index (χ1v) is 4.23. The third kappa shape index (κ3) is 7.34. The molecule has 0 aromatic carbocycles. The first-order chi connectivity index (χ1) is 5.31. The molecule has 0 amide bonds. The highest BCUT2D eigenvalue weighted by atomic mass is 16.2. The van der Waals surface area contributed by atoms with Gasteiger partial charge in [0.15, 0.2) is 0 Å². The van der Waals surface area contributed by atoms with Crippen molar-refractivity contribution in [1.82, 2.24) is 0 Å². The Morgan fingerprint density at radius 3 is 2.55 bits per heavy atom. The number of hydrogen-bond donors (Lipinski definition) is 1. The third-order valence-electron chi connectivity index (χ3n) is 1.48. The highest BCUT2D eigenvalue weighted by Crippen LogP contribution is 2.04. The Hall–Kier alpha value is -0.560. The van der Waals surface area contributed by atoms with E-state index in [-0.39, 0.29) is 6.61 Å². The molecule has 0 bridgehead atoms. The summed E-state index contributed by atoms with van der Waals surface area (Å²) in [5.74, 6) is 0.546. The van der Waals surface area contributed by atoms with Gasteiger partial charge in [-0.05, 0) is 18.8 Å². The molecule has 0 rings (SSSR count). The van der Waals surface area contributed by atoms with Crippen LogP contribution in [-0.4, -0.2) is 11.7 Å². The van der Waals surface area contributed by atoms with Crippen molar-refractivity contribution < 1.29 is 5.11 Å². The summed E-state index contributed by atoms with van der Waals surface area (Å²) in [5, 5.41) is 8.48. The average molecular weight is 154 g/mol. The highest BCUT2D eigenvalue weighted by molar-refractivity contribution is 4.91. The van der Waals surface area contributed by atoms with E-state index in [1.807, 2.05) is 6.08 Å². The zero-order chi connectivity index (χ0) is 8.53. The van der Waals surface area contributed by atoms with E-state index in [9.17, 15) is 0 Å². The largest absolute Gasteiger partial charge is 0.392 e. The van der Waals surface area contributed by atoms with E-state index in [4.69, 9.17) is 5.11 Å². The average Bonchev–Trinajstić information content (AvgIpc) is 2.01. The van der Waals surface area contributed by atoms with Crippen LogP contribution in [0.3, 0.4) is 0 Å². The van der Waals surface area contributed by atoms with Crippen LogP contribution < -0.4 is 0 Å². The molecule has 1 nitrogen and oxygen atoms in total. The van der Waals surface area contributed by atoms with Gasteiger partial charge >= 0.3 is 0 Å². The lowest BCUT2D eigenvalue weighted by Crippen LogP contribution is -1.86. The maximum atomic E-state index is 8.48. The molecular formula is C10H18O. The van der Waals surface area contributed by atoms with Crippen LogP contribution in [0.1, 0.15) is 26.7 Å². The molecule has 0 heterocycles. The van der Waals surface area contributed by atoms with Gasteiger partial charge in [0.1, 0.15) is 0 Å². The van der Waals surface area contributed by atoms with Crippen LogP contribution in [0.5, 0.6) is 0 Å². The monoisotopic (exact) mass is 154 g/mol. The van der Waals surface area contributed by atoms with Crippen LogP contribution >= 0.6 is 0 Å². The minimum atomic E-state index is 0.155. The first-order valence-electron chi connectivity index (χ1n) is 4.23. The molecule has 64 valence electrons. The predicted molar refractivity (Wildman–Crippen MR) is 49.4 cm³/mol. The Balaban J connectivity index is 3.43. The van der Waals surface area contributed by atoms with Crippen molar-refractivity contribution in [2.75, 3.05) is 6.61 Å². The van der Waals surface area contributed by atoms with Crippen LogP contribution in [0, 0.1) is 5.92 Å². The normalized spacial score (nSPS) is 14.8. The molecule has 0 spiro atoms. The van der Waals surface area contributed by atoms with Gasteiger partial charge in [0.05, 0.1) is 6.61 Å². The summed E-state index contributed by atoms with van der Waals surface area (Å²) in [6.45, 7) is 4.43. The second-order valence-corrected chi connectivity index (χ2v) is 2.70. The van der Waals surface area contributed by atoms with Gasteiger partial charge in [-0.25, -0.2) is 0 Å². The smallest absolute Gasteiger partial charge is 0.0612 e. The summed E-state index contributed by atoms with van der Waals surface area (Å²) in [4.78, 5) is 0. The molecule has 0 aromatic heterocycles. The van der Waals surface area contributed by atoms with E-state index < -0.39 is 0 Å². The van der Waals surface area contributed by atoms with E-state index in [1.165, 1.54) is 0 Å². The first kappa shape index (κ1) is 10.4. The van der Waals surface area contributed by atoms with Gasteiger partial charge in [0, 0.05) is 0 Å². The second kappa shape index (κ2) is 7.55. The van der Waals surface area contributed by atoms with E-state index in [0.29, 0.717) is 5.92 Å². The van der Waals surface area contributed by atoms with Crippen LogP contribution in [0.4, 0.5) is 0 Å². The van der Waals surface area contributed by atoms with E-state index in [2.05, 4.69) is 26.0 Å². The van der Waals surface area contributed by atoms with Crippen molar-refractivity contribution in [2.45, 2.75) is 26.7 Å². The van der Waals surface area contributed by atoms with Gasteiger partial charge in [0.2, 0.25) is 0 Å². The number of aliphatic hydroxyl groups is 1. The molecular weight excluding hydrogens is 136 g/mol. The number of hydrogen-bond acceptors (Lipinski definition) is 1. The van der Waals surface area contributed by atoms with Gasteiger partial charge in [0.25, 0.3) is 0 Å². The quantitative estimate of drug-likeness (QED) is 0.603. The molecule has 1 heteroatoms. The molecule has 0 aliphatic rings. The lowest BCUT2D eigenvalue weighted by Gasteiger charge is -1.99. The molecule has 0 aliphatic heterocycles. The van der Waals surface area contributed by atoms with E-state index in [0.717, 1.165) is 12.8 Å². The summed E-state index contributed by atoms with van der Waals surface area (Å²) in [5.41, 5.74) is 0. The van der Waals surface area contributed by atoms with Crippen LogP contribution in [0.2, 0.25) is 0 Å². The maximum Gasteiger partial charge on any atom is 0.0612 e. The maximum absolute atomic E-state index is 8.48. The molecule has 0 aliphatic carbocycles. The minimum Gasteiger partial charge on any atom is -0.392 e. The van der Waals surface area contributed by atoms with Crippen molar-refractivity contribution >= 4 is 0 Å². The number of aliphatic hydroxyl groups excluding tert-OH is 1. The van der Waals surface area contributed by atoms with Gasteiger partial charge < -0.3 is 5.11 Å². The van der Waals surface area contributed by atoms with E-state index >= 15 is 0 Å². The van der Waals surface area contributed by atoms with Gasteiger partial charge in [-0.1, -0.05) is 38.2 Å². The molecule has 1 N–H and O–H groups in total. The number of rotatable bonds is 5. The lowest BCUT2D eigenvalue weighted by atomic mass is 10.1. The van der Waals surface area contributed by atoms with Crippen molar-refractivity contribution in [3.8, 4) is 0 Å². The van der Waals surface area contributed by atoms with Crippen LogP contribution in [-0.2, 0) is 0 Å². The summed E-state index contributed by atoms with van der Waals surface area (Å²) < 4.78 is 0. The summed E-state index contributed by atoms with van der Waals surface area (Å²) in [6, 6.07) is 0. The molecule has 1 atom stereocenters. The molecule has 0 saturated heterocycles. The summed E-state index contributed by atoms with van der Waals surface area (Å²) in [7, 11) is 0. The predicted octanol–water partition coefficient (Wildman–Crippen LogP) is 2.53. The fourth-order valence-corrected chi connectivity index (χ4v) is 0.849. The number of allylic oxidation sites excluding steroid dienone is 3. The molecule has 0 aromatic rings. The Labute approximate surface area is 69.4 Å². The zero-order valence-electron chi connectivity index (χ0n) is 7.46. The van der Waals surface area contributed by atoms with Gasteiger partial charge in [-0.2, -0.15) is 0 Å². The summed E-state index contributed by atoms with van der Waals surface area (Å²) in [6.07, 6.45) is 10.4. The second-order valence-electron chi connectivity index (χ2n) is 2.70. The van der Waals surface area contributed by atoms with Crippen molar-refractivity contribution in [3.63, 3.8) is 0 Å². The fraction of sp³-hybridized carbons (Fsp3) is 0.600. The topological polar surface area (TPSA) is 20.2 Å². The van der Waals surface area contributed by atoms with Gasteiger partial charge in [-0.15, -0.1) is 0 Å². The Morgan fingerprint density at radius 1 is 1.27 bits per heavy atom. The SMILES string of the molecule is CC/C=C/CC(C)/C=C/CO. The van der Waals surface area contributed by atoms with Gasteiger partial charge in [-0.3, -0.25) is 0 Å². The Bertz CT molecular complexity index is 125. The molecule has 0 saturated carbocycles. The lowest BCUT2D eigenvalue weighted by molar-refractivity contribution is 0.342. The van der Waals surface area contributed by atoms with Crippen molar-refractivity contribution in [3.05, 3.63) is 24.3 Å². The summed E-state index contributed by atoms with van der Waals surface area (Å²) >= 11 is 0. The van der Waals surface area contributed by atoms with Crippen molar-refractivity contribution in [1.29, 1.82) is 0 Å².